The molecule has 6 N–H and O–H groups in total. The minimum absolute atomic E-state index is 0. The van der Waals surface area contributed by atoms with Gasteiger partial charge in [0.25, 0.3) is 23.2 Å². The molecule has 354 valence electrons. The number of hydrogen-bond acceptors (Lipinski definition) is 18. The Kier molecular flexibility index (Phi) is 17.4. The molecule has 24 nitrogen and oxygen atoms in total. The van der Waals surface area contributed by atoms with Crippen LogP contribution in [0.4, 0.5) is 56.9 Å². The van der Waals surface area contributed by atoms with Crippen LogP contribution in [0.15, 0.2) is 166 Å². The van der Waals surface area contributed by atoms with Gasteiger partial charge < -0.3 is 31.1 Å². The van der Waals surface area contributed by atoms with E-state index in [1.165, 1.54) is 12.1 Å². The van der Waals surface area contributed by atoms with Crippen molar-refractivity contribution in [2.45, 2.75) is 0 Å². The number of phenols is 4. The van der Waals surface area contributed by atoms with Crippen LogP contribution in [0.3, 0.4) is 0 Å². The zero-order chi connectivity index (χ0) is 50.2. The fourth-order valence-electron chi connectivity index (χ4n) is 6.65. The third kappa shape index (κ3) is 11.9. The summed E-state index contributed by atoms with van der Waals surface area (Å²) in [5.41, 5.74) is -3.99. The number of phenolic OH excluding ortho intramolecular Hbond substituents is 4. The fraction of sp³-hybridized carbons (Fsp3) is 0. The van der Waals surface area contributed by atoms with Crippen LogP contribution in [-0.4, -0.2) is 51.9 Å². The first kappa shape index (κ1) is 53.7. The van der Waals surface area contributed by atoms with Crippen LogP contribution in [0.1, 0.15) is 20.7 Å². The second-order valence-electron chi connectivity index (χ2n) is 14.4. The average molecular weight is 1020 g/mol. The van der Waals surface area contributed by atoms with E-state index in [1.54, 1.807) is 109 Å². The van der Waals surface area contributed by atoms with Gasteiger partial charge in [-0.1, -0.05) is 84.9 Å². The molecule has 26 heteroatoms. The summed E-state index contributed by atoms with van der Waals surface area (Å²) in [4.78, 5) is 66.7. The van der Waals surface area contributed by atoms with Gasteiger partial charge >= 0.3 is 40.9 Å². The molecule has 0 aliphatic carbocycles. The monoisotopic (exact) mass is 1020 g/mol. The molecule has 0 aliphatic rings. The minimum Gasteiger partial charge on any atom is -0.505 e. The maximum Gasteiger partial charge on any atom is 1.00 e. The van der Waals surface area contributed by atoms with Gasteiger partial charge in [0.1, 0.15) is 22.7 Å². The topological polar surface area (TPSA) is 361 Å². The smallest absolute Gasteiger partial charge is 0.505 e. The Morgan fingerprint density at radius 1 is 0.431 bits per heavy atom. The van der Waals surface area contributed by atoms with Crippen molar-refractivity contribution in [3.05, 3.63) is 197 Å². The molecule has 0 aliphatic heterocycles. The van der Waals surface area contributed by atoms with Crippen molar-refractivity contribution in [2.75, 3.05) is 10.6 Å². The number of hydrogen-bond donors (Lipinski definition) is 6. The molecule has 0 aromatic heterocycles. The number of para-hydroxylation sites is 2. The number of carbonyl (C=O) groups is 2. The zero-order valence-electron chi connectivity index (χ0n) is 36.7. The van der Waals surface area contributed by atoms with Crippen molar-refractivity contribution in [3.8, 4) is 23.0 Å². The summed E-state index contributed by atoms with van der Waals surface area (Å²) in [6, 6.07) is 36.0. The van der Waals surface area contributed by atoms with E-state index in [0.29, 0.717) is 45.1 Å². The SMILES string of the molecule is O=C(Nc1ccccc1)c1cc2ccccc2c(N=Nc2cc([N+](=O)[O-])cc([N+](=O)[O-])c2O)c1O.O=C(Nc1ccccc1)c1cc2ccccc2c(N=Nc2cc([N+](=O)[O-])cc([N+](=O)[O-])c2O)c1O.[Cr].[Na+]. The van der Waals surface area contributed by atoms with Crippen LogP contribution < -0.4 is 40.2 Å². The van der Waals surface area contributed by atoms with Crippen molar-refractivity contribution in [1.82, 2.24) is 0 Å². The first-order valence-electron chi connectivity index (χ1n) is 19.9. The molecule has 0 atom stereocenters. The summed E-state index contributed by atoms with van der Waals surface area (Å²) in [6.07, 6.45) is 0. The average Bonchev–Trinajstić information content (AvgIpc) is 3.34. The summed E-state index contributed by atoms with van der Waals surface area (Å²) in [6.45, 7) is 0. The zero-order valence-corrected chi connectivity index (χ0v) is 40.0. The van der Waals surface area contributed by atoms with E-state index in [1.807, 2.05) is 0 Å². The van der Waals surface area contributed by atoms with Gasteiger partial charge in [0, 0.05) is 51.6 Å². The van der Waals surface area contributed by atoms with Crippen LogP contribution >= 0.6 is 0 Å². The molecule has 72 heavy (non-hydrogen) atoms. The number of non-ortho nitro benzene ring substituents is 2. The Bertz CT molecular complexity index is 3290. The number of fused-ring (bicyclic) bond motifs is 2. The van der Waals surface area contributed by atoms with E-state index in [9.17, 15) is 70.5 Å². The Morgan fingerprint density at radius 2 is 0.764 bits per heavy atom. The van der Waals surface area contributed by atoms with Gasteiger partial charge in [0.2, 0.25) is 11.5 Å². The Morgan fingerprint density at radius 3 is 1.10 bits per heavy atom. The molecule has 0 saturated carbocycles. The second kappa shape index (κ2) is 23.4. The van der Waals surface area contributed by atoms with Crippen LogP contribution in [0, 0.1) is 40.5 Å². The maximum atomic E-state index is 12.9. The number of rotatable bonds is 12. The maximum absolute atomic E-state index is 12.9. The fourth-order valence-corrected chi connectivity index (χ4v) is 6.65. The molecular formula is C46H30CrN10NaO14+. The minimum atomic E-state index is -0.997. The van der Waals surface area contributed by atoms with Gasteiger partial charge in [0.05, 0.1) is 43.0 Å². The van der Waals surface area contributed by atoms with E-state index < -0.39 is 88.6 Å². The molecule has 0 saturated heterocycles. The molecule has 0 bridgehead atoms. The van der Waals surface area contributed by atoms with Crippen LogP contribution in [0.25, 0.3) is 21.5 Å². The molecule has 8 aromatic carbocycles. The number of aromatic hydroxyl groups is 4. The number of benzene rings is 8. The van der Waals surface area contributed by atoms with Crippen molar-refractivity contribution >= 4 is 90.2 Å². The van der Waals surface area contributed by atoms with Gasteiger partial charge in [0.15, 0.2) is 11.5 Å². The largest absolute Gasteiger partial charge is 1.00 e. The molecule has 0 heterocycles. The molecule has 0 fully saturated rings. The van der Waals surface area contributed by atoms with Gasteiger partial charge in [-0.05, 0) is 47.2 Å². The van der Waals surface area contributed by atoms with E-state index in [-0.39, 0.29) is 69.4 Å². The quantitative estimate of drug-likeness (QED) is 0.0289. The number of azo groups is 2. The first-order chi connectivity index (χ1) is 33.5. The van der Waals surface area contributed by atoms with E-state index in [0.717, 1.165) is 12.1 Å². The summed E-state index contributed by atoms with van der Waals surface area (Å²) in [7, 11) is 0. The molecule has 8 rings (SSSR count). The van der Waals surface area contributed by atoms with Gasteiger partial charge in [-0.25, -0.2) is 0 Å². The molecule has 8 aromatic rings. The molecule has 0 unspecified atom stereocenters. The normalized spacial score (nSPS) is 10.7. The number of nitro benzene ring substituents is 4. The van der Waals surface area contributed by atoms with E-state index >= 15 is 0 Å². The number of nitrogens with one attached hydrogen (secondary N) is 2. The van der Waals surface area contributed by atoms with Crippen LogP contribution in [-0.2, 0) is 17.4 Å². The van der Waals surface area contributed by atoms with E-state index in [4.69, 9.17) is 0 Å². The summed E-state index contributed by atoms with van der Waals surface area (Å²) in [5, 5.41) is 109. The van der Waals surface area contributed by atoms with Crippen LogP contribution in [0.5, 0.6) is 23.0 Å². The first-order valence-corrected chi connectivity index (χ1v) is 19.9. The number of carbonyl (C=O) groups excluding carboxylic acids is 2. The van der Waals surface area contributed by atoms with Crippen molar-refractivity contribution in [3.63, 3.8) is 0 Å². The molecule has 0 spiro atoms. The third-order valence-corrected chi connectivity index (χ3v) is 9.98. The third-order valence-electron chi connectivity index (χ3n) is 9.98. The van der Waals surface area contributed by atoms with Gasteiger partial charge in [-0.3, -0.25) is 50.0 Å². The van der Waals surface area contributed by atoms with Gasteiger partial charge in [-0.2, -0.15) is 0 Å². The Balaban J connectivity index is 0.000000260. The van der Waals surface area contributed by atoms with Crippen molar-refractivity contribution < 1.29 is 96.6 Å². The number of nitro groups is 4. The molecular weight excluding hydrogens is 992 g/mol. The number of amides is 2. The molecule has 2 amide bonds. The summed E-state index contributed by atoms with van der Waals surface area (Å²) >= 11 is 0. The molecule has 0 radical (unpaired) electrons. The predicted octanol–water partition coefficient (Wildman–Crippen LogP) is 8.47. The number of anilines is 2. The number of nitrogens with zero attached hydrogens (tertiary/aromatic N) is 8. The second-order valence-corrected chi connectivity index (χ2v) is 14.4. The predicted molar refractivity (Wildman–Crippen MR) is 251 cm³/mol. The van der Waals surface area contributed by atoms with Crippen molar-refractivity contribution in [2.24, 2.45) is 20.5 Å². The standard InChI is InChI=1S/2C23H15N5O7.Cr.Na/c2*29-21-17(23(31)24-14-7-2-1-3-8-14)10-13-6-4-5-9-16(13)20(21)26-25-18-11-15(27(32)33)12-19(22(18)30)28(34)35;;/h2*1-12,29-30H,(H,24,31);;/q;;;+1. The summed E-state index contributed by atoms with van der Waals surface area (Å²) < 4.78 is 0. The van der Waals surface area contributed by atoms with Gasteiger partial charge in [-0.15, -0.1) is 20.5 Å². The van der Waals surface area contributed by atoms with Crippen molar-refractivity contribution in [1.29, 1.82) is 0 Å². The van der Waals surface area contributed by atoms with Crippen LogP contribution in [0.2, 0.25) is 0 Å². The Hall–Kier alpha value is -9.25. The summed E-state index contributed by atoms with van der Waals surface area (Å²) in [5.74, 6) is -4.23. The Labute approximate surface area is 435 Å². The van der Waals surface area contributed by atoms with E-state index in [2.05, 4.69) is 31.1 Å².